The lowest BCUT2D eigenvalue weighted by Crippen LogP contribution is -2.47. The van der Waals surface area contributed by atoms with Gasteiger partial charge in [-0.15, -0.1) is 0 Å². The van der Waals surface area contributed by atoms with Crippen molar-refractivity contribution in [2.24, 2.45) is 0 Å². The van der Waals surface area contributed by atoms with Crippen molar-refractivity contribution < 1.29 is 14.6 Å². The minimum atomic E-state index is -0.840. The zero-order valence-corrected chi connectivity index (χ0v) is 17.3. The SMILES string of the molecule is O=C(O)N1CCN(Cc2ccc3cc(Oc4ncc(-c5ccn[nH]5)cn4)ccc3c2)CC1. The van der Waals surface area contributed by atoms with Crippen molar-refractivity contribution in [3.8, 4) is 23.0 Å². The number of aromatic nitrogens is 4. The number of carbonyl (C=O) groups is 1. The van der Waals surface area contributed by atoms with Gasteiger partial charge in [-0.25, -0.2) is 14.8 Å². The van der Waals surface area contributed by atoms with Crippen molar-refractivity contribution in [3.05, 3.63) is 66.6 Å². The van der Waals surface area contributed by atoms with Crippen molar-refractivity contribution in [2.75, 3.05) is 26.2 Å². The average molecular weight is 430 g/mol. The summed E-state index contributed by atoms with van der Waals surface area (Å²) in [6.07, 6.45) is 4.23. The quantitative estimate of drug-likeness (QED) is 0.498. The summed E-state index contributed by atoms with van der Waals surface area (Å²) >= 11 is 0. The molecule has 1 aliphatic rings. The maximum absolute atomic E-state index is 11.1. The van der Waals surface area contributed by atoms with Gasteiger partial charge in [0.1, 0.15) is 5.75 Å². The Bertz CT molecular complexity index is 1220. The number of fused-ring (bicyclic) bond motifs is 1. The number of rotatable bonds is 5. The summed E-state index contributed by atoms with van der Waals surface area (Å²) in [4.78, 5) is 23.4. The van der Waals surface area contributed by atoms with Crippen LogP contribution in [0.3, 0.4) is 0 Å². The number of ether oxygens (including phenoxy) is 1. The molecule has 1 fully saturated rings. The van der Waals surface area contributed by atoms with Gasteiger partial charge in [-0.05, 0) is 40.6 Å². The zero-order valence-electron chi connectivity index (χ0n) is 17.3. The number of carboxylic acid groups (broad SMARTS) is 1. The van der Waals surface area contributed by atoms with Gasteiger partial charge in [0, 0.05) is 56.9 Å². The highest BCUT2D eigenvalue weighted by atomic mass is 16.5. The van der Waals surface area contributed by atoms with Crippen LogP contribution in [0.15, 0.2) is 61.1 Å². The number of aromatic amines is 1. The Morgan fingerprint density at radius 1 is 1.00 bits per heavy atom. The fraction of sp³-hybridized carbons (Fsp3) is 0.217. The first-order valence-electron chi connectivity index (χ1n) is 10.4. The molecule has 2 aromatic carbocycles. The van der Waals surface area contributed by atoms with Crippen LogP contribution < -0.4 is 4.74 Å². The molecule has 9 nitrogen and oxygen atoms in total. The number of piperazine rings is 1. The van der Waals surface area contributed by atoms with E-state index in [2.05, 4.69) is 43.3 Å². The van der Waals surface area contributed by atoms with Crippen LogP contribution in [0.2, 0.25) is 0 Å². The topological polar surface area (TPSA) is 107 Å². The molecule has 1 aliphatic heterocycles. The van der Waals surface area contributed by atoms with Crippen LogP contribution in [0.5, 0.6) is 11.8 Å². The van der Waals surface area contributed by atoms with Crippen LogP contribution in [0.25, 0.3) is 22.0 Å². The fourth-order valence-electron chi connectivity index (χ4n) is 3.82. The van der Waals surface area contributed by atoms with Gasteiger partial charge >= 0.3 is 12.1 Å². The van der Waals surface area contributed by atoms with Crippen LogP contribution in [-0.2, 0) is 6.54 Å². The summed E-state index contributed by atoms with van der Waals surface area (Å²) in [6.45, 7) is 3.40. The van der Waals surface area contributed by atoms with Gasteiger partial charge in [-0.3, -0.25) is 10.00 Å². The molecule has 2 aromatic heterocycles. The first-order chi connectivity index (χ1) is 15.6. The van der Waals surface area contributed by atoms with E-state index in [1.54, 1.807) is 18.6 Å². The second-order valence-corrected chi connectivity index (χ2v) is 7.72. The van der Waals surface area contributed by atoms with Crippen LogP contribution >= 0.6 is 0 Å². The molecule has 3 heterocycles. The minimum Gasteiger partial charge on any atom is -0.465 e. The van der Waals surface area contributed by atoms with Crippen LogP contribution in [0.4, 0.5) is 4.79 Å². The van der Waals surface area contributed by atoms with E-state index in [-0.39, 0.29) is 6.01 Å². The molecule has 32 heavy (non-hydrogen) atoms. The van der Waals surface area contributed by atoms with Gasteiger partial charge in [-0.1, -0.05) is 18.2 Å². The minimum absolute atomic E-state index is 0.282. The summed E-state index contributed by atoms with van der Waals surface area (Å²) in [6, 6.07) is 14.4. The predicted octanol–water partition coefficient (Wildman–Crippen LogP) is 3.61. The van der Waals surface area contributed by atoms with Gasteiger partial charge in [0.25, 0.3) is 0 Å². The first kappa shape index (κ1) is 20.0. The summed E-state index contributed by atoms with van der Waals surface area (Å²) in [5.41, 5.74) is 2.89. The molecule has 0 saturated carbocycles. The predicted molar refractivity (Wildman–Crippen MR) is 119 cm³/mol. The van der Waals surface area contributed by atoms with E-state index in [4.69, 9.17) is 9.84 Å². The Morgan fingerprint density at radius 2 is 1.75 bits per heavy atom. The van der Waals surface area contributed by atoms with E-state index in [9.17, 15) is 4.79 Å². The van der Waals surface area contributed by atoms with Gasteiger partial charge in [0.05, 0.1) is 5.69 Å². The van der Waals surface area contributed by atoms with E-state index in [0.29, 0.717) is 18.8 Å². The van der Waals surface area contributed by atoms with E-state index in [0.717, 1.165) is 41.7 Å². The van der Waals surface area contributed by atoms with Gasteiger partial charge in [0.2, 0.25) is 0 Å². The number of hydrogen-bond acceptors (Lipinski definition) is 6. The Labute approximate surface area is 184 Å². The van der Waals surface area contributed by atoms with Crippen molar-refractivity contribution in [1.29, 1.82) is 0 Å². The third-order valence-electron chi connectivity index (χ3n) is 5.57. The molecule has 0 bridgehead atoms. The van der Waals surface area contributed by atoms with E-state index in [1.807, 2.05) is 24.3 Å². The molecule has 0 aliphatic carbocycles. The third kappa shape index (κ3) is 4.37. The molecule has 0 unspecified atom stereocenters. The lowest BCUT2D eigenvalue weighted by Gasteiger charge is -2.33. The highest BCUT2D eigenvalue weighted by molar-refractivity contribution is 5.84. The second-order valence-electron chi connectivity index (χ2n) is 7.72. The van der Waals surface area contributed by atoms with Crippen molar-refractivity contribution in [1.82, 2.24) is 30.0 Å². The standard InChI is InChI=1S/C23H22N6O3/c30-23(31)29-9-7-28(8-10-29)15-16-1-2-18-12-20(4-3-17(18)11-16)32-22-24-13-19(14-25-22)21-5-6-26-27-21/h1-6,11-14H,7-10,15H2,(H,26,27)(H,30,31). The largest absolute Gasteiger partial charge is 0.465 e. The zero-order chi connectivity index (χ0) is 21.9. The van der Waals surface area contributed by atoms with Gasteiger partial charge in [-0.2, -0.15) is 5.10 Å². The molecule has 0 radical (unpaired) electrons. The Kier molecular flexibility index (Phi) is 5.39. The first-order valence-corrected chi connectivity index (χ1v) is 10.4. The molecule has 4 aromatic rings. The van der Waals surface area contributed by atoms with E-state index < -0.39 is 6.09 Å². The second kappa shape index (κ2) is 8.64. The molecule has 0 atom stereocenters. The van der Waals surface area contributed by atoms with E-state index >= 15 is 0 Å². The van der Waals surface area contributed by atoms with E-state index in [1.165, 1.54) is 10.5 Å². The fourth-order valence-corrected chi connectivity index (χ4v) is 3.82. The maximum atomic E-state index is 11.1. The molecule has 0 spiro atoms. The normalized spacial score (nSPS) is 14.6. The number of H-pyrrole nitrogens is 1. The number of benzene rings is 2. The molecular formula is C23H22N6O3. The number of nitrogens with one attached hydrogen (secondary N) is 1. The molecule has 9 heteroatoms. The maximum Gasteiger partial charge on any atom is 0.407 e. The molecule has 2 N–H and O–H groups in total. The molecular weight excluding hydrogens is 408 g/mol. The molecule has 5 rings (SSSR count). The van der Waals surface area contributed by atoms with Crippen molar-refractivity contribution in [2.45, 2.75) is 6.54 Å². The Morgan fingerprint density at radius 3 is 2.47 bits per heavy atom. The summed E-state index contributed by atoms with van der Waals surface area (Å²) in [5, 5.41) is 18.1. The monoisotopic (exact) mass is 430 g/mol. The van der Waals surface area contributed by atoms with Crippen LogP contribution in [-0.4, -0.2) is 67.3 Å². The number of amides is 1. The summed E-state index contributed by atoms with van der Waals surface area (Å²) in [5.74, 6) is 0.671. The van der Waals surface area contributed by atoms with Crippen LogP contribution in [0, 0.1) is 0 Å². The van der Waals surface area contributed by atoms with Crippen molar-refractivity contribution >= 4 is 16.9 Å². The van der Waals surface area contributed by atoms with Crippen molar-refractivity contribution in [3.63, 3.8) is 0 Å². The highest BCUT2D eigenvalue weighted by Gasteiger charge is 2.20. The smallest absolute Gasteiger partial charge is 0.407 e. The lowest BCUT2D eigenvalue weighted by atomic mass is 10.1. The molecule has 1 amide bonds. The summed E-state index contributed by atoms with van der Waals surface area (Å²) in [7, 11) is 0. The van der Waals surface area contributed by atoms with Gasteiger partial charge in [0.15, 0.2) is 0 Å². The highest BCUT2D eigenvalue weighted by Crippen LogP contribution is 2.26. The Hall–Kier alpha value is -3.98. The lowest BCUT2D eigenvalue weighted by molar-refractivity contribution is 0.103. The molecule has 162 valence electrons. The third-order valence-corrected chi connectivity index (χ3v) is 5.57. The van der Waals surface area contributed by atoms with Gasteiger partial charge < -0.3 is 14.7 Å². The number of hydrogen-bond donors (Lipinski definition) is 2. The number of nitrogens with zero attached hydrogens (tertiary/aromatic N) is 5. The van der Waals surface area contributed by atoms with Crippen LogP contribution in [0.1, 0.15) is 5.56 Å². The summed E-state index contributed by atoms with van der Waals surface area (Å²) < 4.78 is 5.83. The average Bonchev–Trinajstić information content (AvgIpc) is 3.35. The molecule has 1 saturated heterocycles. The Balaban J connectivity index is 1.24.